The van der Waals surface area contributed by atoms with Crippen molar-refractivity contribution in [2.75, 3.05) is 27.4 Å². The molecule has 1 aliphatic rings. The third-order valence-corrected chi connectivity index (χ3v) is 2.17. The Labute approximate surface area is 74.9 Å². The first kappa shape index (κ1) is 9.92. The summed E-state index contributed by atoms with van der Waals surface area (Å²) in [7, 11) is 4.16. The maximum atomic E-state index is 3.42. The lowest BCUT2D eigenvalue weighted by Crippen LogP contribution is -2.61. The number of hydrogen-bond acceptors (Lipinski definition) is 4. The van der Waals surface area contributed by atoms with Crippen molar-refractivity contribution < 1.29 is 0 Å². The summed E-state index contributed by atoms with van der Waals surface area (Å²) in [5, 5.41) is 11.1. The van der Waals surface area contributed by atoms with Gasteiger partial charge in [-0.2, -0.15) is 0 Å². The second kappa shape index (κ2) is 4.77. The summed E-state index contributed by atoms with van der Waals surface area (Å²) in [4.78, 5) is 0. The van der Waals surface area contributed by atoms with Gasteiger partial charge in [0.2, 0.25) is 0 Å². The van der Waals surface area contributed by atoms with Crippen molar-refractivity contribution in [3.63, 3.8) is 0 Å². The van der Waals surface area contributed by atoms with Gasteiger partial charge in [0, 0.05) is 20.8 Å². The second-order valence-electron chi connectivity index (χ2n) is 3.38. The standard InChI is InChI=1S/C8H20N4/c1-4-5-8-10-6-9-7-12(8)11(2)3/h8-10H,4-7H2,1-3H3. The Morgan fingerprint density at radius 1 is 1.50 bits per heavy atom. The van der Waals surface area contributed by atoms with Gasteiger partial charge in [0.15, 0.2) is 0 Å². The van der Waals surface area contributed by atoms with Crippen LogP contribution in [0.5, 0.6) is 0 Å². The van der Waals surface area contributed by atoms with E-state index < -0.39 is 0 Å². The van der Waals surface area contributed by atoms with E-state index in [0.29, 0.717) is 6.17 Å². The maximum absolute atomic E-state index is 3.42. The molecular formula is C8H20N4. The van der Waals surface area contributed by atoms with Crippen LogP contribution in [0.25, 0.3) is 0 Å². The van der Waals surface area contributed by atoms with E-state index in [2.05, 4.69) is 41.7 Å². The molecule has 0 spiro atoms. The van der Waals surface area contributed by atoms with Gasteiger partial charge in [-0.15, -0.1) is 0 Å². The van der Waals surface area contributed by atoms with Crippen LogP contribution in [-0.2, 0) is 0 Å². The van der Waals surface area contributed by atoms with Crippen molar-refractivity contribution in [1.82, 2.24) is 20.7 Å². The highest BCUT2D eigenvalue weighted by Gasteiger charge is 2.21. The first-order valence-corrected chi connectivity index (χ1v) is 4.63. The Balaban J connectivity index is 2.42. The Morgan fingerprint density at radius 2 is 2.25 bits per heavy atom. The zero-order chi connectivity index (χ0) is 8.97. The minimum Gasteiger partial charge on any atom is -0.291 e. The summed E-state index contributed by atoms with van der Waals surface area (Å²) < 4.78 is 0. The molecule has 72 valence electrons. The van der Waals surface area contributed by atoms with E-state index in [9.17, 15) is 0 Å². The van der Waals surface area contributed by atoms with Gasteiger partial charge < -0.3 is 0 Å². The van der Waals surface area contributed by atoms with E-state index >= 15 is 0 Å². The highest BCUT2D eigenvalue weighted by Crippen LogP contribution is 2.06. The lowest BCUT2D eigenvalue weighted by atomic mass is 10.2. The van der Waals surface area contributed by atoms with Gasteiger partial charge >= 0.3 is 0 Å². The van der Waals surface area contributed by atoms with Crippen LogP contribution < -0.4 is 10.6 Å². The van der Waals surface area contributed by atoms with Crippen molar-refractivity contribution in [3.05, 3.63) is 0 Å². The molecule has 0 aromatic heterocycles. The minimum absolute atomic E-state index is 0.506. The Bertz CT molecular complexity index is 124. The van der Waals surface area contributed by atoms with Crippen LogP contribution in [0.4, 0.5) is 0 Å². The molecule has 1 aliphatic heterocycles. The third kappa shape index (κ3) is 2.42. The van der Waals surface area contributed by atoms with Crippen LogP contribution in [0.15, 0.2) is 0 Å². The molecular weight excluding hydrogens is 152 g/mol. The molecule has 0 aromatic rings. The molecule has 0 saturated carbocycles. The van der Waals surface area contributed by atoms with Gasteiger partial charge in [-0.1, -0.05) is 13.3 Å². The molecule has 0 aliphatic carbocycles. The molecule has 1 rings (SSSR count). The van der Waals surface area contributed by atoms with E-state index in [0.717, 1.165) is 13.3 Å². The molecule has 1 atom stereocenters. The van der Waals surface area contributed by atoms with Crippen LogP contribution in [0.2, 0.25) is 0 Å². The van der Waals surface area contributed by atoms with Crippen molar-refractivity contribution >= 4 is 0 Å². The Hall–Kier alpha value is -0.160. The van der Waals surface area contributed by atoms with Crippen molar-refractivity contribution in [1.29, 1.82) is 0 Å². The average molecular weight is 172 g/mol. The lowest BCUT2D eigenvalue weighted by Gasteiger charge is -2.40. The fourth-order valence-electron chi connectivity index (χ4n) is 1.52. The molecule has 2 N–H and O–H groups in total. The molecule has 12 heavy (non-hydrogen) atoms. The summed E-state index contributed by atoms with van der Waals surface area (Å²) in [6, 6.07) is 0. The summed E-state index contributed by atoms with van der Waals surface area (Å²) in [6.45, 7) is 4.09. The molecule has 0 radical (unpaired) electrons. The molecule has 4 nitrogen and oxygen atoms in total. The van der Waals surface area contributed by atoms with Gasteiger partial charge in [-0.3, -0.25) is 10.6 Å². The lowest BCUT2D eigenvalue weighted by molar-refractivity contribution is -0.0614. The van der Waals surface area contributed by atoms with E-state index in [1.807, 2.05) is 0 Å². The molecule has 1 saturated heterocycles. The van der Waals surface area contributed by atoms with E-state index in [1.165, 1.54) is 12.8 Å². The highest BCUT2D eigenvalue weighted by molar-refractivity contribution is 4.69. The van der Waals surface area contributed by atoms with Crippen molar-refractivity contribution in [2.45, 2.75) is 25.9 Å². The maximum Gasteiger partial charge on any atom is 0.0759 e. The predicted octanol–water partition coefficient (Wildman–Crippen LogP) is -0.001000. The van der Waals surface area contributed by atoms with Gasteiger partial charge in [0.25, 0.3) is 0 Å². The SMILES string of the molecule is CCCC1NCNCN1N(C)C. The molecule has 1 heterocycles. The minimum atomic E-state index is 0.506. The van der Waals surface area contributed by atoms with Crippen LogP contribution >= 0.6 is 0 Å². The summed E-state index contributed by atoms with van der Waals surface area (Å²) >= 11 is 0. The summed E-state index contributed by atoms with van der Waals surface area (Å²) in [5.41, 5.74) is 0. The van der Waals surface area contributed by atoms with E-state index in [1.54, 1.807) is 0 Å². The largest absolute Gasteiger partial charge is 0.291 e. The van der Waals surface area contributed by atoms with Crippen LogP contribution in [0.3, 0.4) is 0 Å². The van der Waals surface area contributed by atoms with Gasteiger partial charge in [0.05, 0.1) is 12.8 Å². The van der Waals surface area contributed by atoms with Crippen LogP contribution in [0, 0.1) is 0 Å². The zero-order valence-electron chi connectivity index (χ0n) is 8.30. The van der Waals surface area contributed by atoms with Crippen molar-refractivity contribution in [3.8, 4) is 0 Å². The average Bonchev–Trinajstić information content (AvgIpc) is 2.05. The quantitative estimate of drug-likeness (QED) is 0.627. The number of hydrazine groups is 1. The number of rotatable bonds is 3. The first-order chi connectivity index (χ1) is 5.75. The predicted molar refractivity (Wildman–Crippen MR) is 50.2 cm³/mol. The van der Waals surface area contributed by atoms with Crippen molar-refractivity contribution in [2.24, 2.45) is 0 Å². The summed E-state index contributed by atoms with van der Waals surface area (Å²) in [6.07, 6.45) is 2.94. The third-order valence-electron chi connectivity index (χ3n) is 2.17. The van der Waals surface area contributed by atoms with E-state index in [4.69, 9.17) is 0 Å². The molecule has 0 bridgehead atoms. The smallest absolute Gasteiger partial charge is 0.0759 e. The Kier molecular flexibility index (Phi) is 3.94. The first-order valence-electron chi connectivity index (χ1n) is 4.63. The molecule has 0 aromatic carbocycles. The fraction of sp³-hybridized carbons (Fsp3) is 1.00. The normalized spacial score (nSPS) is 26.5. The van der Waals surface area contributed by atoms with Gasteiger partial charge in [-0.25, -0.2) is 10.0 Å². The summed E-state index contributed by atoms with van der Waals surface area (Å²) in [5.74, 6) is 0. The second-order valence-corrected chi connectivity index (χ2v) is 3.38. The number of hydrogen-bond donors (Lipinski definition) is 2. The van der Waals surface area contributed by atoms with Crippen LogP contribution in [-0.4, -0.2) is 43.6 Å². The topological polar surface area (TPSA) is 30.5 Å². The highest BCUT2D eigenvalue weighted by atomic mass is 15.7. The molecule has 1 unspecified atom stereocenters. The van der Waals surface area contributed by atoms with Gasteiger partial charge in [0.1, 0.15) is 0 Å². The fourth-order valence-corrected chi connectivity index (χ4v) is 1.52. The molecule has 0 amide bonds. The van der Waals surface area contributed by atoms with Gasteiger partial charge in [-0.05, 0) is 6.42 Å². The monoisotopic (exact) mass is 172 g/mol. The molecule has 4 heteroatoms. The number of nitrogens with zero attached hydrogens (tertiary/aromatic N) is 2. The van der Waals surface area contributed by atoms with Crippen LogP contribution in [0.1, 0.15) is 19.8 Å². The Morgan fingerprint density at radius 3 is 2.83 bits per heavy atom. The van der Waals surface area contributed by atoms with E-state index in [-0.39, 0.29) is 0 Å². The zero-order valence-corrected chi connectivity index (χ0v) is 8.30. The molecule has 1 fully saturated rings. The number of nitrogens with one attached hydrogen (secondary N) is 2.